The van der Waals surface area contributed by atoms with Crippen molar-refractivity contribution in [3.8, 4) is 0 Å². The van der Waals surface area contributed by atoms with E-state index >= 15 is 0 Å². The van der Waals surface area contributed by atoms with Crippen molar-refractivity contribution in [2.24, 2.45) is 0 Å². The zero-order chi connectivity index (χ0) is 8.97. The Morgan fingerprint density at radius 2 is 2.00 bits per heavy atom. The molecule has 0 aliphatic carbocycles. The van der Waals surface area contributed by atoms with E-state index in [2.05, 4.69) is 4.18 Å². The van der Waals surface area contributed by atoms with Gasteiger partial charge in [-0.2, -0.15) is 0 Å². The van der Waals surface area contributed by atoms with E-state index in [0.717, 1.165) is 5.56 Å². The predicted molar refractivity (Wildman–Crippen MR) is 45.2 cm³/mol. The third kappa shape index (κ3) is 3.32. The minimum absolute atomic E-state index is 0.0489. The van der Waals surface area contributed by atoms with Gasteiger partial charge in [-0.3, -0.25) is 4.18 Å². The summed E-state index contributed by atoms with van der Waals surface area (Å²) >= 11 is 3.16. The van der Waals surface area contributed by atoms with Crippen LogP contribution in [-0.2, 0) is 22.2 Å². The SMILES string of the molecule is O=S([O-])OCc1ccc(Cl)cc1. The molecule has 0 fully saturated rings. The Morgan fingerprint density at radius 3 is 2.50 bits per heavy atom. The van der Waals surface area contributed by atoms with Gasteiger partial charge in [-0.05, 0) is 17.7 Å². The van der Waals surface area contributed by atoms with Crippen LogP contribution in [0.1, 0.15) is 5.56 Å². The number of benzene rings is 1. The average molecular weight is 206 g/mol. The van der Waals surface area contributed by atoms with Gasteiger partial charge in [0.2, 0.25) is 0 Å². The molecule has 1 rings (SSSR count). The van der Waals surface area contributed by atoms with Crippen molar-refractivity contribution >= 4 is 23.0 Å². The normalized spacial score (nSPS) is 12.8. The van der Waals surface area contributed by atoms with E-state index in [0.29, 0.717) is 5.02 Å². The third-order valence-electron chi connectivity index (χ3n) is 1.24. The molecule has 0 bridgehead atoms. The number of rotatable bonds is 3. The van der Waals surface area contributed by atoms with Gasteiger partial charge in [0.15, 0.2) is 0 Å². The summed E-state index contributed by atoms with van der Waals surface area (Å²) in [4.78, 5) is 0. The summed E-state index contributed by atoms with van der Waals surface area (Å²) in [7, 11) is 0. The third-order valence-corrected chi connectivity index (χ3v) is 1.80. The smallest absolute Gasteiger partial charge is 0.0879 e. The fourth-order valence-corrected chi connectivity index (χ4v) is 1.06. The van der Waals surface area contributed by atoms with Crippen molar-refractivity contribution in [2.45, 2.75) is 6.61 Å². The Morgan fingerprint density at radius 1 is 1.42 bits per heavy atom. The molecule has 0 saturated carbocycles. The highest BCUT2D eigenvalue weighted by molar-refractivity contribution is 7.74. The molecule has 1 aromatic rings. The summed E-state index contributed by atoms with van der Waals surface area (Å²) in [6.45, 7) is 0.0489. The van der Waals surface area contributed by atoms with Crippen LogP contribution in [-0.4, -0.2) is 8.76 Å². The molecule has 0 N–H and O–H groups in total. The first-order valence-corrected chi connectivity index (χ1v) is 4.53. The molecular weight excluding hydrogens is 200 g/mol. The van der Waals surface area contributed by atoms with E-state index in [1.165, 1.54) is 0 Å². The van der Waals surface area contributed by atoms with Crippen molar-refractivity contribution in [3.63, 3.8) is 0 Å². The van der Waals surface area contributed by atoms with Gasteiger partial charge in [-0.15, -0.1) is 0 Å². The molecule has 0 aromatic heterocycles. The minimum atomic E-state index is -2.45. The first-order valence-electron chi connectivity index (χ1n) is 3.15. The lowest BCUT2D eigenvalue weighted by Crippen LogP contribution is -1.95. The zero-order valence-corrected chi connectivity index (χ0v) is 7.60. The lowest BCUT2D eigenvalue weighted by atomic mass is 10.2. The van der Waals surface area contributed by atoms with Gasteiger partial charge in [0.25, 0.3) is 0 Å². The van der Waals surface area contributed by atoms with Gasteiger partial charge in [0.05, 0.1) is 18.0 Å². The molecule has 0 aliphatic heterocycles. The molecule has 3 nitrogen and oxygen atoms in total. The number of hydrogen-bond donors (Lipinski definition) is 0. The van der Waals surface area contributed by atoms with Crippen molar-refractivity contribution in [1.82, 2.24) is 0 Å². The minimum Gasteiger partial charge on any atom is -0.750 e. The van der Waals surface area contributed by atoms with Crippen molar-refractivity contribution in [3.05, 3.63) is 34.9 Å². The maximum absolute atomic E-state index is 9.99. The Bertz CT molecular complexity index is 272. The molecule has 0 amide bonds. The van der Waals surface area contributed by atoms with E-state index in [1.807, 2.05) is 0 Å². The molecule has 0 spiro atoms. The molecule has 0 radical (unpaired) electrons. The summed E-state index contributed by atoms with van der Waals surface area (Å²) in [5.74, 6) is 0. The zero-order valence-electron chi connectivity index (χ0n) is 6.03. The Labute approximate surface area is 77.8 Å². The van der Waals surface area contributed by atoms with Crippen LogP contribution in [0.5, 0.6) is 0 Å². The van der Waals surface area contributed by atoms with Crippen LogP contribution >= 0.6 is 11.6 Å². The van der Waals surface area contributed by atoms with E-state index in [9.17, 15) is 8.76 Å². The van der Waals surface area contributed by atoms with Crippen molar-refractivity contribution < 1.29 is 12.9 Å². The maximum Gasteiger partial charge on any atom is 0.0879 e. The van der Waals surface area contributed by atoms with E-state index < -0.39 is 11.4 Å². The Balaban J connectivity index is 2.53. The largest absolute Gasteiger partial charge is 0.750 e. The van der Waals surface area contributed by atoms with Crippen molar-refractivity contribution in [1.29, 1.82) is 0 Å². The molecule has 66 valence electrons. The van der Waals surface area contributed by atoms with Gasteiger partial charge in [-0.25, -0.2) is 4.21 Å². The highest BCUT2D eigenvalue weighted by Crippen LogP contribution is 2.10. The van der Waals surface area contributed by atoms with Gasteiger partial charge in [0.1, 0.15) is 0 Å². The topological polar surface area (TPSA) is 49.4 Å². The van der Waals surface area contributed by atoms with E-state index in [-0.39, 0.29) is 6.61 Å². The molecule has 0 heterocycles. The highest BCUT2D eigenvalue weighted by Gasteiger charge is 1.92. The quantitative estimate of drug-likeness (QED) is 0.705. The van der Waals surface area contributed by atoms with Gasteiger partial charge < -0.3 is 4.55 Å². The van der Waals surface area contributed by atoms with Crippen molar-refractivity contribution in [2.75, 3.05) is 0 Å². The van der Waals surface area contributed by atoms with Crippen LogP contribution in [0.25, 0.3) is 0 Å². The summed E-state index contributed by atoms with van der Waals surface area (Å²) in [5, 5.41) is 0.613. The number of halogens is 1. The van der Waals surface area contributed by atoms with Crippen LogP contribution in [0.4, 0.5) is 0 Å². The van der Waals surface area contributed by atoms with E-state index in [1.54, 1.807) is 24.3 Å². The monoisotopic (exact) mass is 205 g/mol. The first-order chi connectivity index (χ1) is 5.68. The summed E-state index contributed by atoms with van der Waals surface area (Å²) < 4.78 is 24.3. The molecule has 0 aliphatic rings. The first kappa shape index (κ1) is 9.67. The fraction of sp³-hybridized carbons (Fsp3) is 0.143. The van der Waals surface area contributed by atoms with Crippen LogP contribution in [0, 0.1) is 0 Å². The predicted octanol–water partition coefficient (Wildman–Crippen LogP) is 1.65. The van der Waals surface area contributed by atoms with Gasteiger partial charge >= 0.3 is 0 Å². The van der Waals surface area contributed by atoms with Crippen LogP contribution in [0.15, 0.2) is 24.3 Å². The second kappa shape index (κ2) is 4.57. The molecule has 0 saturated heterocycles. The van der Waals surface area contributed by atoms with Crippen LogP contribution in [0.2, 0.25) is 5.02 Å². The fourth-order valence-electron chi connectivity index (χ4n) is 0.697. The Kier molecular flexibility index (Phi) is 3.68. The number of hydrogen-bond acceptors (Lipinski definition) is 3. The molecule has 12 heavy (non-hydrogen) atoms. The molecular formula is C7H6ClO3S-. The highest BCUT2D eigenvalue weighted by atomic mass is 35.5. The average Bonchev–Trinajstić information content (AvgIpc) is 2.03. The lowest BCUT2D eigenvalue weighted by Gasteiger charge is -2.05. The summed E-state index contributed by atoms with van der Waals surface area (Å²) in [5.41, 5.74) is 0.767. The van der Waals surface area contributed by atoms with Crippen LogP contribution in [0.3, 0.4) is 0 Å². The molecule has 5 heteroatoms. The second-order valence-electron chi connectivity index (χ2n) is 2.09. The van der Waals surface area contributed by atoms with E-state index in [4.69, 9.17) is 11.6 Å². The molecule has 1 aromatic carbocycles. The maximum atomic E-state index is 9.99. The lowest BCUT2D eigenvalue weighted by molar-refractivity contribution is 0.291. The van der Waals surface area contributed by atoms with Crippen LogP contribution < -0.4 is 0 Å². The Hall–Kier alpha value is -0.420. The van der Waals surface area contributed by atoms with Gasteiger partial charge in [0, 0.05) is 5.02 Å². The summed E-state index contributed by atoms with van der Waals surface area (Å²) in [6, 6.07) is 6.76. The second-order valence-corrected chi connectivity index (χ2v) is 3.17. The molecule has 1 atom stereocenters. The summed E-state index contributed by atoms with van der Waals surface area (Å²) in [6.07, 6.45) is 0. The standard InChI is InChI=1S/C7H7ClO3S/c8-7-3-1-6(2-4-7)5-11-12(9)10/h1-4H,5H2,(H,9,10)/p-1. The van der Waals surface area contributed by atoms with Gasteiger partial charge in [-0.1, -0.05) is 23.7 Å². The molecule has 1 unspecified atom stereocenters.